The zero-order valence-electron chi connectivity index (χ0n) is 12.2. The minimum atomic E-state index is -0.163. The van der Waals surface area contributed by atoms with Crippen molar-refractivity contribution in [3.05, 3.63) is 28.5 Å². The summed E-state index contributed by atoms with van der Waals surface area (Å²) in [5, 5.41) is 11.1. The van der Waals surface area contributed by atoms with Crippen molar-refractivity contribution in [2.24, 2.45) is 7.05 Å². The Balaban J connectivity index is 1.69. The van der Waals surface area contributed by atoms with Crippen molar-refractivity contribution in [1.29, 1.82) is 0 Å². The molecule has 1 aliphatic rings. The van der Waals surface area contributed by atoms with Crippen LogP contribution < -0.4 is 10.6 Å². The Hall–Kier alpha value is -1.73. The molecule has 21 heavy (non-hydrogen) atoms. The molecule has 112 valence electrons. The lowest BCUT2D eigenvalue weighted by molar-refractivity contribution is 0.101. The molecule has 7 heteroatoms. The van der Waals surface area contributed by atoms with E-state index in [0.717, 1.165) is 31.6 Å². The second kappa shape index (κ2) is 5.95. The molecular weight excluding hydrogens is 286 g/mol. The quantitative estimate of drug-likeness (QED) is 0.908. The van der Waals surface area contributed by atoms with Crippen LogP contribution in [0.25, 0.3) is 0 Å². The van der Waals surface area contributed by atoms with Crippen molar-refractivity contribution < 1.29 is 4.79 Å². The maximum atomic E-state index is 12.2. The van der Waals surface area contributed by atoms with E-state index in [-0.39, 0.29) is 5.91 Å². The molecule has 0 spiro atoms. The lowest BCUT2D eigenvalue weighted by atomic mass is 9.97. The highest BCUT2D eigenvalue weighted by Gasteiger charge is 2.19. The molecule has 2 N–H and O–H groups in total. The van der Waals surface area contributed by atoms with Gasteiger partial charge in [-0.1, -0.05) is 0 Å². The summed E-state index contributed by atoms with van der Waals surface area (Å²) in [7, 11) is 1.77. The van der Waals surface area contributed by atoms with Crippen LogP contribution in [0.2, 0.25) is 0 Å². The van der Waals surface area contributed by atoms with E-state index in [1.807, 2.05) is 13.1 Å². The van der Waals surface area contributed by atoms with Gasteiger partial charge < -0.3 is 5.32 Å². The number of thiazole rings is 1. The Kier molecular flexibility index (Phi) is 4.03. The SMILES string of the molecule is Cc1cc(C(=O)Nc2ncc(C3CCNCC3)s2)n(C)n1. The molecule has 2 aromatic rings. The summed E-state index contributed by atoms with van der Waals surface area (Å²) in [6, 6.07) is 1.77. The number of nitrogens with zero attached hydrogens (tertiary/aromatic N) is 3. The molecule has 6 nitrogen and oxygen atoms in total. The lowest BCUT2D eigenvalue weighted by Crippen LogP contribution is -2.26. The second-order valence-corrected chi connectivity index (χ2v) is 6.40. The van der Waals surface area contributed by atoms with Crippen LogP contribution in [-0.4, -0.2) is 33.8 Å². The van der Waals surface area contributed by atoms with Crippen LogP contribution in [-0.2, 0) is 7.05 Å². The van der Waals surface area contributed by atoms with E-state index >= 15 is 0 Å². The summed E-state index contributed by atoms with van der Waals surface area (Å²) in [4.78, 5) is 17.8. The predicted molar refractivity (Wildman–Crippen MR) is 82.9 cm³/mol. The van der Waals surface area contributed by atoms with Crippen LogP contribution >= 0.6 is 11.3 Å². The highest BCUT2D eigenvalue weighted by Crippen LogP contribution is 2.31. The van der Waals surface area contributed by atoms with Crippen molar-refractivity contribution in [1.82, 2.24) is 20.1 Å². The van der Waals surface area contributed by atoms with Gasteiger partial charge >= 0.3 is 0 Å². The fraction of sp³-hybridized carbons (Fsp3) is 0.500. The first-order chi connectivity index (χ1) is 10.1. The number of hydrogen-bond acceptors (Lipinski definition) is 5. The van der Waals surface area contributed by atoms with Crippen LogP contribution in [0.3, 0.4) is 0 Å². The van der Waals surface area contributed by atoms with Crippen LogP contribution in [0, 0.1) is 6.92 Å². The zero-order chi connectivity index (χ0) is 14.8. The van der Waals surface area contributed by atoms with E-state index in [4.69, 9.17) is 0 Å². The van der Waals surface area contributed by atoms with Crippen LogP contribution in [0.5, 0.6) is 0 Å². The van der Waals surface area contributed by atoms with Gasteiger partial charge in [-0.05, 0) is 44.8 Å². The van der Waals surface area contributed by atoms with Gasteiger partial charge in [-0.15, -0.1) is 11.3 Å². The molecule has 0 unspecified atom stereocenters. The monoisotopic (exact) mass is 305 g/mol. The van der Waals surface area contributed by atoms with Gasteiger partial charge in [-0.2, -0.15) is 5.10 Å². The van der Waals surface area contributed by atoms with Gasteiger partial charge in [0.25, 0.3) is 5.91 Å². The number of rotatable bonds is 3. The van der Waals surface area contributed by atoms with Gasteiger partial charge in [-0.25, -0.2) is 4.98 Å². The molecule has 2 aromatic heterocycles. The summed E-state index contributed by atoms with van der Waals surface area (Å²) in [5.41, 5.74) is 1.38. The third kappa shape index (κ3) is 3.14. The number of piperidine rings is 1. The van der Waals surface area contributed by atoms with E-state index < -0.39 is 0 Å². The highest BCUT2D eigenvalue weighted by molar-refractivity contribution is 7.15. The Bertz CT molecular complexity index is 642. The van der Waals surface area contributed by atoms with Gasteiger partial charge in [0.2, 0.25) is 0 Å². The molecular formula is C14H19N5OS. The molecule has 1 aliphatic heterocycles. The first-order valence-corrected chi connectivity index (χ1v) is 7.93. The number of carbonyl (C=O) groups excluding carboxylic acids is 1. The Morgan fingerprint density at radius 2 is 2.24 bits per heavy atom. The minimum absolute atomic E-state index is 0.163. The number of aromatic nitrogens is 3. The van der Waals surface area contributed by atoms with Gasteiger partial charge in [0, 0.05) is 18.1 Å². The van der Waals surface area contributed by atoms with Crippen molar-refractivity contribution in [3.63, 3.8) is 0 Å². The third-order valence-electron chi connectivity index (χ3n) is 3.72. The van der Waals surface area contributed by atoms with Crippen LogP contribution in [0.1, 0.15) is 39.8 Å². The normalized spacial score (nSPS) is 16.1. The summed E-state index contributed by atoms with van der Waals surface area (Å²) >= 11 is 1.57. The molecule has 0 aromatic carbocycles. The molecule has 1 saturated heterocycles. The topological polar surface area (TPSA) is 71.8 Å². The van der Waals surface area contributed by atoms with E-state index in [1.165, 1.54) is 4.88 Å². The molecule has 0 radical (unpaired) electrons. The molecule has 0 atom stereocenters. The average molecular weight is 305 g/mol. The number of nitrogens with one attached hydrogen (secondary N) is 2. The minimum Gasteiger partial charge on any atom is -0.317 e. The number of hydrogen-bond donors (Lipinski definition) is 2. The number of carbonyl (C=O) groups is 1. The Morgan fingerprint density at radius 1 is 1.48 bits per heavy atom. The first kappa shape index (κ1) is 14.2. The summed E-state index contributed by atoms with van der Waals surface area (Å²) in [6.45, 7) is 3.98. The third-order valence-corrected chi connectivity index (χ3v) is 4.80. The summed E-state index contributed by atoms with van der Waals surface area (Å²) in [6.07, 6.45) is 4.16. The Morgan fingerprint density at radius 3 is 2.90 bits per heavy atom. The van der Waals surface area contributed by atoms with E-state index in [0.29, 0.717) is 16.7 Å². The number of anilines is 1. The van der Waals surface area contributed by atoms with Gasteiger partial charge in [0.15, 0.2) is 5.13 Å². The van der Waals surface area contributed by atoms with Crippen LogP contribution in [0.4, 0.5) is 5.13 Å². The first-order valence-electron chi connectivity index (χ1n) is 7.12. The molecule has 1 fully saturated rings. The number of amides is 1. The number of aryl methyl sites for hydroxylation is 2. The van der Waals surface area contributed by atoms with Gasteiger partial charge in [-0.3, -0.25) is 14.8 Å². The standard InChI is InChI=1S/C14H19N5OS/c1-9-7-11(19(2)18-9)13(20)17-14-16-8-12(21-14)10-3-5-15-6-4-10/h7-8,10,15H,3-6H2,1-2H3,(H,16,17,20). The van der Waals surface area contributed by atoms with E-state index in [2.05, 4.69) is 20.7 Å². The molecule has 3 rings (SSSR count). The maximum Gasteiger partial charge on any atom is 0.275 e. The van der Waals surface area contributed by atoms with Crippen molar-refractivity contribution in [2.75, 3.05) is 18.4 Å². The largest absolute Gasteiger partial charge is 0.317 e. The van der Waals surface area contributed by atoms with Crippen molar-refractivity contribution in [2.45, 2.75) is 25.7 Å². The molecule has 1 amide bonds. The van der Waals surface area contributed by atoms with Crippen molar-refractivity contribution >= 4 is 22.4 Å². The molecule has 0 bridgehead atoms. The van der Waals surface area contributed by atoms with Gasteiger partial charge in [0.05, 0.1) is 5.69 Å². The second-order valence-electron chi connectivity index (χ2n) is 5.34. The molecule has 0 aliphatic carbocycles. The highest BCUT2D eigenvalue weighted by atomic mass is 32.1. The van der Waals surface area contributed by atoms with E-state index in [9.17, 15) is 4.79 Å². The zero-order valence-corrected chi connectivity index (χ0v) is 13.0. The molecule has 3 heterocycles. The van der Waals surface area contributed by atoms with Crippen LogP contribution in [0.15, 0.2) is 12.3 Å². The average Bonchev–Trinajstić information content (AvgIpc) is 3.06. The summed E-state index contributed by atoms with van der Waals surface area (Å²) in [5.74, 6) is 0.401. The van der Waals surface area contributed by atoms with Crippen molar-refractivity contribution in [3.8, 4) is 0 Å². The predicted octanol–water partition coefficient (Wildman–Crippen LogP) is 1.90. The van der Waals surface area contributed by atoms with Gasteiger partial charge in [0.1, 0.15) is 5.69 Å². The maximum absolute atomic E-state index is 12.2. The Labute approximate surface area is 127 Å². The smallest absolute Gasteiger partial charge is 0.275 e. The van der Waals surface area contributed by atoms with E-state index in [1.54, 1.807) is 29.1 Å². The lowest BCUT2D eigenvalue weighted by Gasteiger charge is -2.20. The molecule has 0 saturated carbocycles. The fourth-order valence-corrected chi connectivity index (χ4v) is 3.60. The summed E-state index contributed by atoms with van der Waals surface area (Å²) < 4.78 is 1.59. The fourth-order valence-electron chi connectivity index (χ4n) is 2.62.